The molecule has 1 aliphatic rings. The number of benzene rings is 1. The first-order valence-electron chi connectivity index (χ1n) is 5.69. The molecule has 0 spiro atoms. The summed E-state index contributed by atoms with van der Waals surface area (Å²) in [6, 6.07) is 2.72. The molecule has 1 aromatic carbocycles. The van der Waals surface area contributed by atoms with Crippen LogP contribution in [0.25, 0.3) is 0 Å². The highest BCUT2D eigenvalue weighted by atomic mass is 19.1. The van der Waals surface area contributed by atoms with Gasteiger partial charge in [0.1, 0.15) is 6.67 Å². The van der Waals surface area contributed by atoms with E-state index in [1.54, 1.807) is 0 Å². The Balaban J connectivity index is 2.17. The summed E-state index contributed by atoms with van der Waals surface area (Å²) in [6.07, 6.45) is 1.11. The van der Waals surface area contributed by atoms with Crippen molar-refractivity contribution in [3.8, 4) is 0 Å². The van der Waals surface area contributed by atoms with Gasteiger partial charge in [0, 0.05) is 13.2 Å². The van der Waals surface area contributed by atoms with E-state index in [0.29, 0.717) is 17.9 Å². The summed E-state index contributed by atoms with van der Waals surface area (Å²) in [5.74, 6) is -1.16. The summed E-state index contributed by atoms with van der Waals surface area (Å²) in [5, 5.41) is 12.0. The van der Waals surface area contributed by atoms with E-state index in [1.807, 2.05) is 0 Å². The molecule has 1 atom stereocenters. The second kappa shape index (κ2) is 5.22. The number of carbonyl (C=O) groups is 1. The second-order valence-corrected chi connectivity index (χ2v) is 4.20. The van der Waals surface area contributed by atoms with Gasteiger partial charge in [0.05, 0.1) is 23.0 Å². The van der Waals surface area contributed by atoms with E-state index in [-0.39, 0.29) is 17.2 Å². The van der Waals surface area contributed by atoms with Crippen LogP contribution in [0.15, 0.2) is 12.1 Å². The smallest absolute Gasteiger partial charge is 0.336 e. The number of anilines is 2. The predicted molar refractivity (Wildman–Crippen MR) is 65.5 cm³/mol. The van der Waals surface area contributed by atoms with Crippen LogP contribution in [0, 0.1) is 0 Å². The highest BCUT2D eigenvalue weighted by molar-refractivity contribution is 5.92. The second-order valence-electron chi connectivity index (χ2n) is 4.20. The predicted octanol–water partition coefficient (Wildman–Crippen LogP) is 1.64. The molecule has 1 heterocycles. The molecule has 0 unspecified atom stereocenters. The molecular weight excluding hydrogens is 239 g/mol. The van der Waals surface area contributed by atoms with Crippen LogP contribution < -0.4 is 11.1 Å². The van der Waals surface area contributed by atoms with Crippen molar-refractivity contribution in [3.05, 3.63) is 23.3 Å². The first kappa shape index (κ1) is 12.6. The fraction of sp³-hybridized carbons (Fsp3) is 0.417. The monoisotopic (exact) mass is 254 g/mol. The minimum atomic E-state index is -1.16. The molecule has 98 valence electrons. The zero-order chi connectivity index (χ0) is 13.1. The maximum absolute atomic E-state index is 12.7. The number of hydrogen-bond acceptors (Lipinski definition) is 4. The summed E-state index contributed by atoms with van der Waals surface area (Å²) in [5.41, 5.74) is 6.61. The van der Waals surface area contributed by atoms with Crippen molar-refractivity contribution in [2.45, 2.75) is 19.2 Å². The first-order chi connectivity index (χ1) is 8.61. The normalized spacial score (nSPS) is 18.2. The SMILES string of the molecule is Nc1cc(CF)c(C(=O)O)cc1NC[C@@H]1CCO1. The van der Waals surface area contributed by atoms with E-state index in [9.17, 15) is 9.18 Å². The number of carboxylic acid groups (broad SMARTS) is 1. The van der Waals surface area contributed by atoms with Gasteiger partial charge in [-0.2, -0.15) is 0 Å². The van der Waals surface area contributed by atoms with Gasteiger partial charge < -0.3 is 20.9 Å². The highest BCUT2D eigenvalue weighted by Gasteiger charge is 2.19. The molecule has 2 rings (SSSR count). The van der Waals surface area contributed by atoms with Crippen molar-refractivity contribution in [2.24, 2.45) is 0 Å². The Kier molecular flexibility index (Phi) is 3.66. The third-order valence-corrected chi connectivity index (χ3v) is 2.96. The van der Waals surface area contributed by atoms with Gasteiger partial charge in [-0.05, 0) is 24.1 Å². The molecule has 1 aliphatic heterocycles. The fourth-order valence-electron chi connectivity index (χ4n) is 1.80. The minimum Gasteiger partial charge on any atom is -0.478 e. The molecule has 6 heteroatoms. The Morgan fingerprint density at radius 3 is 2.83 bits per heavy atom. The van der Waals surface area contributed by atoms with Crippen LogP contribution in [0.5, 0.6) is 0 Å². The van der Waals surface area contributed by atoms with Crippen LogP contribution in [-0.4, -0.2) is 30.3 Å². The Hall–Kier alpha value is -1.82. The van der Waals surface area contributed by atoms with Crippen LogP contribution in [0.3, 0.4) is 0 Å². The Labute approximate surface area is 104 Å². The molecule has 1 saturated heterocycles. The number of alkyl halides is 1. The number of carboxylic acids is 1. The van der Waals surface area contributed by atoms with Crippen LogP contribution >= 0.6 is 0 Å². The van der Waals surface area contributed by atoms with Gasteiger partial charge in [0.15, 0.2) is 0 Å². The van der Waals surface area contributed by atoms with Gasteiger partial charge in [-0.15, -0.1) is 0 Å². The Morgan fingerprint density at radius 2 is 2.33 bits per heavy atom. The van der Waals surface area contributed by atoms with Crippen molar-refractivity contribution in [1.29, 1.82) is 0 Å². The van der Waals surface area contributed by atoms with Gasteiger partial charge >= 0.3 is 5.97 Å². The summed E-state index contributed by atoms with van der Waals surface area (Å²) < 4.78 is 17.9. The molecule has 0 amide bonds. The highest BCUT2D eigenvalue weighted by Crippen LogP contribution is 2.25. The molecule has 0 radical (unpaired) electrons. The number of hydrogen-bond donors (Lipinski definition) is 3. The van der Waals surface area contributed by atoms with E-state index in [4.69, 9.17) is 15.6 Å². The number of nitrogen functional groups attached to an aromatic ring is 1. The molecular formula is C12H15FN2O3. The van der Waals surface area contributed by atoms with Crippen molar-refractivity contribution in [3.63, 3.8) is 0 Å². The summed E-state index contributed by atoms with van der Waals surface area (Å²) in [4.78, 5) is 11.0. The molecule has 0 saturated carbocycles. The topological polar surface area (TPSA) is 84.6 Å². The molecule has 0 aromatic heterocycles. The molecule has 4 N–H and O–H groups in total. The number of rotatable bonds is 5. The van der Waals surface area contributed by atoms with E-state index < -0.39 is 12.6 Å². The third kappa shape index (κ3) is 2.53. The summed E-state index contributed by atoms with van der Waals surface area (Å²) in [7, 11) is 0. The van der Waals surface area contributed by atoms with Gasteiger partial charge in [0.25, 0.3) is 0 Å². The Morgan fingerprint density at radius 1 is 1.61 bits per heavy atom. The van der Waals surface area contributed by atoms with Gasteiger partial charge in [0.2, 0.25) is 0 Å². The lowest BCUT2D eigenvalue weighted by atomic mass is 10.1. The number of aromatic carboxylic acids is 1. The fourth-order valence-corrected chi connectivity index (χ4v) is 1.80. The summed E-state index contributed by atoms with van der Waals surface area (Å²) >= 11 is 0. The average molecular weight is 254 g/mol. The quantitative estimate of drug-likeness (QED) is 0.695. The third-order valence-electron chi connectivity index (χ3n) is 2.96. The first-order valence-corrected chi connectivity index (χ1v) is 5.69. The largest absolute Gasteiger partial charge is 0.478 e. The lowest BCUT2D eigenvalue weighted by Crippen LogP contribution is -2.33. The lowest BCUT2D eigenvalue weighted by Gasteiger charge is -2.27. The van der Waals surface area contributed by atoms with Crippen molar-refractivity contribution >= 4 is 17.3 Å². The van der Waals surface area contributed by atoms with Gasteiger partial charge in [-0.1, -0.05) is 0 Å². The molecule has 18 heavy (non-hydrogen) atoms. The maximum atomic E-state index is 12.7. The maximum Gasteiger partial charge on any atom is 0.336 e. The Bertz CT molecular complexity index is 461. The summed E-state index contributed by atoms with van der Waals surface area (Å²) in [6.45, 7) is 0.471. The molecule has 1 fully saturated rings. The van der Waals surface area contributed by atoms with Crippen LogP contribution in [0.2, 0.25) is 0 Å². The zero-order valence-corrected chi connectivity index (χ0v) is 9.78. The zero-order valence-electron chi connectivity index (χ0n) is 9.78. The number of nitrogens with two attached hydrogens (primary N) is 1. The average Bonchev–Trinajstić information content (AvgIpc) is 2.28. The number of ether oxygens (including phenoxy) is 1. The van der Waals surface area contributed by atoms with Crippen LogP contribution in [-0.2, 0) is 11.4 Å². The molecule has 0 aliphatic carbocycles. The van der Waals surface area contributed by atoms with E-state index >= 15 is 0 Å². The molecule has 1 aromatic rings. The molecule has 5 nitrogen and oxygen atoms in total. The van der Waals surface area contributed by atoms with E-state index in [2.05, 4.69) is 5.32 Å². The van der Waals surface area contributed by atoms with Gasteiger partial charge in [-0.25, -0.2) is 9.18 Å². The van der Waals surface area contributed by atoms with Crippen LogP contribution in [0.1, 0.15) is 22.3 Å². The van der Waals surface area contributed by atoms with E-state index in [0.717, 1.165) is 13.0 Å². The van der Waals surface area contributed by atoms with Crippen molar-refractivity contribution < 1.29 is 19.0 Å². The van der Waals surface area contributed by atoms with E-state index in [1.165, 1.54) is 12.1 Å². The number of nitrogens with one attached hydrogen (secondary N) is 1. The van der Waals surface area contributed by atoms with Crippen molar-refractivity contribution in [2.75, 3.05) is 24.2 Å². The van der Waals surface area contributed by atoms with Crippen LogP contribution in [0.4, 0.5) is 15.8 Å². The molecule has 0 bridgehead atoms. The standard InChI is InChI=1S/C12H15FN2O3/c13-5-7-3-10(14)11(4-9(7)12(16)17)15-6-8-1-2-18-8/h3-4,8,15H,1-2,5-6,14H2,(H,16,17)/t8-/m0/s1. The lowest BCUT2D eigenvalue weighted by molar-refractivity contribution is -0.0410. The number of halogens is 1. The van der Waals surface area contributed by atoms with Gasteiger partial charge in [-0.3, -0.25) is 0 Å². The van der Waals surface area contributed by atoms with Crippen molar-refractivity contribution in [1.82, 2.24) is 0 Å². The minimum absolute atomic E-state index is 0.0660.